The van der Waals surface area contributed by atoms with Gasteiger partial charge < -0.3 is 15.2 Å². The van der Waals surface area contributed by atoms with Gasteiger partial charge in [-0.1, -0.05) is 0 Å². The molecule has 2 rings (SSSR count). The highest BCUT2D eigenvalue weighted by molar-refractivity contribution is 5.72. The average Bonchev–Trinajstić information content (AvgIpc) is 2.75. The van der Waals surface area contributed by atoms with Crippen LogP contribution in [0.5, 0.6) is 11.5 Å². The molecule has 0 atom stereocenters. The van der Waals surface area contributed by atoms with Gasteiger partial charge in [0.2, 0.25) is 0 Å². The molecule has 0 aliphatic heterocycles. The Labute approximate surface area is 112 Å². The fourth-order valence-electron chi connectivity index (χ4n) is 2.20. The van der Waals surface area contributed by atoms with Crippen molar-refractivity contribution in [1.82, 2.24) is 9.78 Å². The maximum Gasteiger partial charge on any atom is 0.161 e. The Morgan fingerprint density at radius 2 is 1.79 bits per heavy atom. The van der Waals surface area contributed by atoms with Gasteiger partial charge in [-0.05, 0) is 30.2 Å². The van der Waals surface area contributed by atoms with E-state index in [0.717, 1.165) is 22.4 Å². The molecule has 0 bridgehead atoms. The molecule has 0 radical (unpaired) electrons. The van der Waals surface area contributed by atoms with Crippen molar-refractivity contribution in [3.05, 3.63) is 29.6 Å². The highest BCUT2D eigenvalue weighted by atomic mass is 16.5. The summed E-state index contributed by atoms with van der Waals surface area (Å²) in [6, 6.07) is 3.87. The van der Waals surface area contributed by atoms with Crippen molar-refractivity contribution in [3.63, 3.8) is 0 Å². The lowest BCUT2D eigenvalue weighted by Crippen LogP contribution is -2.01. The van der Waals surface area contributed by atoms with E-state index >= 15 is 0 Å². The fraction of sp³-hybridized carbons (Fsp3) is 0.357. The summed E-state index contributed by atoms with van der Waals surface area (Å²) in [4.78, 5) is 0. The molecule has 0 aliphatic rings. The van der Waals surface area contributed by atoms with Gasteiger partial charge in [0.15, 0.2) is 11.5 Å². The van der Waals surface area contributed by atoms with Crippen LogP contribution in [0.3, 0.4) is 0 Å². The van der Waals surface area contributed by atoms with Crippen molar-refractivity contribution in [1.29, 1.82) is 0 Å². The van der Waals surface area contributed by atoms with Crippen LogP contribution in [0.2, 0.25) is 0 Å². The van der Waals surface area contributed by atoms with E-state index in [0.29, 0.717) is 18.0 Å². The van der Waals surface area contributed by atoms with Gasteiger partial charge in [0.1, 0.15) is 0 Å². The second-order valence-corrected chi connectivity index (χ2v) is 4.37. The summed E-state index contributed by atoms with van der Waals surface area (Å²) in [6.45, 7) is 2.41. The number of benzene rings is 1. The van der Waals surface area contributed by atoms with Crippen molar-refractivity contribution >= 4 is 0 Å². The number of aryl methyl sites for hydroxylation is 2. The largest absolute Gasteiger partial charge is 0.493 e. The first-order valence-electron chi connectivity index (χ1n) is 6.06. The topological polar surface area (TPSA) is 62.3 Å². The molecule has 0 saturated heterocycles. The molecule has 1 aromatic carbocycles. The van der Waals surface area contributed by atoms with Gasteiger partial charge >= 0.3 is 0 Å². The molecule has 5 nitrogen and oxygen atoms in total. The highest BCUT2D eigenvalue weighted by Crippen LogP contribution is 2.36. The van der Waals surface area contributed by atoms with Gasteiger partial charge in [-0.15, -0.1) is 0 Å². The van der Waals surface area contributed by atoms with E-state index in [4.69, 9.17) is 15.2 Å². The molecule has 2 aromatic rings. The first-order valence-corrected chi connectivity index (χ1v) is 6.06. The molecular weight excluding hydrogens is 242 g/mol. The third kappa shape index (κ3) is 2.42. The van der Waals surface area contributed by atoms with Crippen LogP contribution in [0.15, 0.2) is 18.3 Å². The number of hydrogen-bond donors (Lipinski definition) is 1. The molecule has 5 heteroatoms. The Hall–Kier alpha value is -2.01. The van der Waals surface area contributed by atoms with Crippen LogP contribution in [0.4, 0.5) is 0 Å². The molecule has 19 heavy (non-hydrogen) atoms. The number of nitrogens with two attached hydrogens (primary N) is 1. The monoisotopic (exact) mass is 261 g/mol. The van der Waals surface area contributed by atoms with Gasteiger partial charge in [0.25, 0.3) is 0 Å². The minimum absolute atomic E-state index is 0.435. The van der Waals surface area contributed by atoms with Gasteiger partial charge in [0.05, 0.1) is 19.9 Å². The minimum Gasteiger partial charge on any atom is -0.493 e. The van der Waals surface area contributed by atoms with Crippen LogP contribution in [-0.2, 0) is 13.6 Å². The Morgan fingerprint density at radius 1 is 1.16 bits per heavy atom. The quantitative estimate of drug-likeness (QED) is 0.912. The van der Waals surface area contributed by atoms with E-state index in [1.165, 1.54) is 0 Å². The predicted molar refractivity (Wildman–Crippen MR) is 74.4 cm³/mol. The summed E-state index contributed by atoms with van der Waals surface area (Å²) >= 11 is 0. The van der Waals surface area contributed by atoms with Crippen molar-refractivity contribution in [3.8, 4) is 22.6 Å². The van der Waals surface area contributed by atoms with E-state index in [1.54, 1.807) is 18.9 Å². The zero-order valence-corrected chi connectivity index (χ0v) is 11.7. The molecule has 0 amide bonds. The van der Waals surface area contributed by atoms with E-state index in [9.17, 15) is 0 Å². The van der Waals surface area contributed by atoms with Crippen LogP contribution < -0.4 is 15.2 Å². The Bertz CT molecular complexity index is 591. The number of nitrogens with zero attached hydrogens (tertiary/aromatic N) is 2. The maximum atomic E-state index is 5.84. The summed E-state index contributed by atoms with van der Waals surface area (Å²) < 4.78 is 12.4. The number of ether oxygens (including phenoxy) is 2. The average molecular weight is 261 g/mol. The Morgan fingerprint density at radius 3 is 2.26 bits per heavy atom. The van der Waals surface area contributed by atoms with Crippen LogP contribution in [-0.4, -0.2) is 24.0 Å². The fourth-order valence-corrected chi connectivity index (χ4v) is 2.20. The third-order valence-electron chi connectivity index (χ3n) is 3.13. The zero-order chi connectivity index (χ0) is 14.0. The molecule has 0 unspecified atom stereocenters. The van der Waals surface area contributed by atoms with Crippen LogP contribution >= 0.6 is 0 Å². The van der Waals surface area contributed by atoms with Gasteiger partial charge in [-0.2, -0.15) is 5.10 Å². The van der Waals surface area contributed by atoms with Crippen LogP contribution in [0.25, 0.3) is 11.1 Å². The first-order chi connectivity index (χ1) is 9.10. The lowest BCUT2D eigenvalue weighted by Gasteiger charge is -2.13. The molecule has 0 spiro atoms. The number of hydrogen-bond acceptors (Lipinski definition) is 4. The molecule has 0 fully saturated rings. The van der Waals surface area contributed by atoms with Crippen LogP contribution in [0.1, 0.15) is 11.3 Å². The summed E-state index contributed by atoms with van der Waals surface area (Å²) in [5, 5.41) is 4.36. The number of rotatable bonds is 4. The first kappa shape index (κ1) is 13.4. The predicted octanol–water partition coefficient (Wildman–Crippen LogP) is 1.87. The van der Waals surface area contributed by atoms with Gasteiger partial charge in [-0.3, -0.25) is 4.68 Å². The number of aromatic nitrogens is 2. The second-order valence-electron chi connectivity index (χ2n) is 4.37. The Kier molecular flexibility index (Phi) is 3.76. The van der Waals surface area contributed by atoms with Crippen molar-refractivity contribution in [2.75, 3.05) is 14.2 Å². The lowest BCUT2D eigenvalue weighted by molar-refractivity contribution is 0.354. The SMILES string of the molecule is COc1cc(CN)c(-c2cn(C)nc2C)cc1OC. The van der Waals surface area contributed by atoms with Crippen molar-refractivity contribution < 1.29 is 9.47 Å². The minimum atomic E-state index is 0.435. The lowest BCUT2D eigenvalue weighted by atomic mass is 9.99. The molecule has 1 heterocycles. The normalized spacial score (nSPS) is 10.6. The molecule has 0 saturated carbocycles. The second kappa shape index (κ2) is 5.32. The van der Waals surface area contributed by atoms with Gasteiger partial charge in [0, 0.05) is 25.4 Å². The van der Waals surface area contributed by atoms with E-state index in [1.807, 2.05) is 32.3 Å². The van der Waals surface area contributed by atoms with E-state index in [-0.39, 0.29) is 0 Å². The summed E-state index contributed by atoms with van der Waals surface area (Å²) in [7, 11) is 5.15. The molecule has 0 aliphatic carbocycles. The van der Waals surface area contributed by atoms with E-state index in [2.05, 4.69) is 5.10 Å². The van der Waals surface area contributed by atoms with Crippen LogP contribution in [0, 0.1) is 6.92 Å². The Balaban J connectivity index is 2.64. The molecular formula is C14H19N3O2. The van der Waals surface area contributed by atoms with Crippen molar-refractivity contribution in [2.45, 2.75) is 13.5 Å². The third-order valence-corrected chi connectivity index (χ3v) is 3.13. The molecule has 1 aromatic heterocycles. The van der Waals surface area contributed by atoms with E-state index < -0.39 is 0 Å². The molecule has 2 N–H and O–H groups in total. The maximum absolute atomic E-state index is 5.84. The van der Waals surface area contributed by atoms with Crippen molar-refractivity contribution in [2.24, 2.45) is 12.8 Å². The number of methoxy groups -OCH3 is 2. The summed E-state index contributed by atoms with van der Waals surface area (Å²) in [6.07, 6.45) is 1.98. The zero-order valence-electron chi connectivity index (χ0n) is 11.7. The van der Waals surface area contributed by atoms with Gasteiger partial charge in [-0.25, -0.2) is 0 Å². The standard InChI is InChI=1S/C14H19N3O2/c1-9-12(8-17(2)16-9)11-6-14(19-4)13(18-3)5-10(11)7-15/h5-6,8H,7,15H2,1-4H3. The highest BCUT2D eigenvalue weighted by Gasteiger charge is 2.15. The summed E-state index contributed by atoms with van der Waals surface area (Å²) in [5.41, 5.74) is 9.90. The smallest absolute Gasteiger partial charge is 0.161 e. The molecule has 102 valence electrons. The summed E-state index contributed by atoms with van der Waals surface area (Å²) in [5.74, 6) is 1.38.